The summed E-state index contributed by atoms with van der Waals surface area (Å²) in [5.41, 5.74) is 0. The Morgan fingerprint density at radius 2 is 1.06 bits per heavy atom. The maximum Gasteiger partial charge on any atom is 2.00 e. The maximum atomic E-state index is 2.99. The SMILES string of the molecule is CNC.CNC.[C-]1=CC=CC1.[C-]1=CC=CC1.[Zr+2]. The van der Waals surface area contributed by atoms with E-state index in [2.05, 4.69) is 34.9 Å². The van der Waals surface area contributed by atoms with Crippen molar-refractivity contribution in [2.75, 3.05) is 28.2 Å². The van der Waals surface area contributed by atoms with Crippen molar-refractivity contribution >= 4 is 0 Å². The maximum absolute atomic E-state index is 2.99. The summed E-state index contributed by atoms with van der Waals surface area (Å²) in [6.07, 6.45) is 20.0. The van der Waals surface area contributed by atoms with Crippen molar-refractivity contribution in [2.45, 2.75) is 12.8 Å². The molecule has 0 aromatic heterocycles. The number of allylic oxidation sites excluding steroid dienone is 8. The standard InChI is InChI=1S/2C5H5.2C2H7N.Zr/c2*1-2-4-5-3-1;2*1-3-2;/h2*1-3H,4H2;2*3H,1-2H3;/q2*-1;;;+2. The Kier molecular flexibility index (Phi) is 32.1. The van der Waals surface area contributed by atoms with Gasteiger partial charge in [-0.3, -0.25) is 12.2 Å². The summed E-state index contributed by atoms with van der Waals surface area (Å²) in [5.74, 6) is 0. The van der Waals surface area contributed by atoms with Crippen LogP contribution in [-0.2, 0) is 26.2 Å². The molecule has 0 unspecified atom stereocenters. The molecule has 0 saturated heterocycles. The molecule has 0 bridgehead atoms. The van der Waals surface area contributed by atoms with Crippen LogP contribution in [0.2, 0.25) is 0 Å². The Morgan fingerprint density at radius 3 is 1.12 bits per heavy atom. The molecule has 2 aliphatic carbocycles. The van der Waals surface area contributed by atoms with E-state index < -0.39 is 0 Å². The molecule has 2 aliphatic rings. The Balaban J connectivity index is -0.000000157. The molecule has 0 aromatic carbocycles. The number of rotatable bonds is 0. The van der Waals surface area contributed by atoms with Gasteiger partial charge < -0.3 is 10.6 Å². The molecule has 0 aliphatic heterocycles. The number of hydrogen-bond acceptors (Lipinski definition) is 2. The molecule has 0 amide bonds. The van der Waals surface area contributed by atoms with E-state index in [-0.39, 0.29) is 26.2 Å². The van der Waals surface area contributed by atoms with E-state index in [1.807, 2.05) is 52.5 Å². The fourth-order valence-electron chi connectivity index (χ4n) is 0.680. The van der Waals surface area contributed by atoms with Crippen molar-refractivity contribution in [2.24, 2.45) is 0 Å². The first-order chi connectivity index (χ1) is 7.83. The zero-order valence-corrected chi connectivity index (χ0v) is 13.8. The van der Waals surface area contributed by atoms with E-state index in [0.29, 0.717) is 0 Å². The molecule has 94 valence electrons. The first-order valence-electron chi connectivity index (χ1n) is 5.43. The largest absolute Gasteiger partial charge is 2.00 e. The van der Waals surface area contributed by atoms with Gasteiger partial charge in [0.25, 0.3) is 0 Å². The van der Waals surface area contributed by atoms with Crippen molar-refractivity contribution < 1.29 is 26.2 Å². The minimum absolute atomic E-state index is 0. The number of hydrogen-bond donors (Lipinski definition) is 2. The molecule has 2 N–H and O–H groups in total. The Labute approximate surface area is 126 Å². The van der Waals surface area contributed by atoms with Crippen LogP contribution < -0.4 is 10.6 Å². The van der Waals surface area contributed by atoms with Gasteiger partial charge in [-0.15, -0.1) is 12.8 Å². The molecular weight excluding hydrogens is 287 g/mol. The molecule has 0 fully saturated rings. The molecule has 0 saturated carbocycles. The summed E-state index contributed by atoms with van der Waals surface area (Å²) in [6.45, 7) is 0. The zero-order valence-electron chi connectivity index (χ0n) is 11.4. The van der Waals surface area contributed by atoms with E-state index >= 15 is 0 Å². The van der Waals surface area contributed by atoms with Gasteiger partial charge >= 0.3 is 26.2 Å². The average molecular weight is 312 g/mol. The monoisotopic (exact) mass is 310 g/mol. The fourth-order valence-corrected chi connectivity index (χ4v) is 0.680. The summed E-state index contributed by atoms with van der Waals surface area (Å²) in [5, 5.41) is 5.50. The second-order valence-corrected chi connectivity index (χ2v) is 3.01. The van der Waals surface area contributed by atoms with Crippen LogP contribution >= 0.6 is 0 Å². The second kappa shape index (κ2) is 24.8. The predicted octanol–water partition coefficient (Wildman–Crippen LogP) is 2.28. The Bertz CT molecular complexity index is 174. The average Bonchev–Trinajstić information content (AvgIpc) is 3.00. The minimum Gasteiger partial charge on any atom is -0.323 e. The van der Waals surface area contributed by atoms with Crippen LogP contribution in [0.1, 0.15) is 12.8 Å². The third-order valence-electron chi connectivity index (χ3n) is 1.17. The van der Waals surface area contributed by atoms with Gasteiger partial charge in [-0.1, -0.05) is 0 Å². The smallest absolute Gasteiger partial charge is 0.323 e. The van der Waals surface area contributed by atoms with Crippen LogP contribution in [0.25, 0.3) is 0 Å². The topological polar surface area (TPSA) is 24.1 Å². The molecular formula is C14H24N2Zr. The summed E-state index contributed by atoms with van der Waals surface area (Å²) in [6, 6.07) is 0. The molecule has 17 heavy (non-hydrogen) atoms. The van der Waals surface area contributed by atoms with Crippen LogP contribution in [0.3, 0.4) is 0 Å². The third-order valence-corrected chi connectivity index (χ3v) is 1.17. The van der Waals surface area contributed by atoms with E-state index in [1.54, 1.807) is 0 Å². The molecule has 0 radical (unpaired) electrons. The van der Waals surface area contributed by atoms with E-state index in [9.17, 15) is 0 Å². The van der Waals surface area contributed by atoms with E-state index in [4.69, 9.17) is 0 Å². The Morgan fingerprint density at radius 1 is 0.765 bits per heavy atom. The summed E-state index contributed by atoms with van der Waals surface area (Å²) in [4.78, 5) is 0. The first-order valence-corrected chi connectivity index (χ1v) is 5.43. The van der Waals surface area contributed by atoms with Crippen LogP contribution in [0.5, 0.6) is 0 Å². The van der Waals surface area contributed by atoms with Gasteiger partial charge in [-0.25, -0.2) is 24.3 Å². The molecule has 2 rings (SSSR count). The van der Waals surface area contributed by atoms with Gasteiger partial charge in [-0.2, -0.15) is 12.2 Å². The minimum atomic E-state index is 0. The molecule has 0 aromatic rings. The molecule has 0 heterocycles. The zero-order chi connectivity index (χ0) is 12.5. The van der Waals surface area contributed by atoms with E-state index in [1.165, 1.54) is 0 Å². The van der Waals surface area contributed by atoms with Crippen LogP contribution in [0, 0.1) is 12.2 Å². The molecule has 0 atom stereocenters. The van der Waals surface area contributed by atoms with Gasteiger partial charge in [0.05, 0.1) is 0 Å². The van der Waals surface area contributed by atoms with Crippen molar-refractivity contribution in [3.8, 4) is 0 Å². The van der Waals surface area contributed by atoms with Gasteiger partial charge in [0.15, 0.2) is 0 Å². The van der Waals surface area contributed by atoms with Gasteiger partial charge in [0, 0.05) is 0 Å². The third kappa shape index (κ3) is 31.3. The summed E-state index contributed by atoms with van der Waals surface area (Å²) in [7, 11) is 7.50. The second-order valence-electron chi connectivity index (χ2n) is 3.01. The van der Waals surface area contributed by atoms with Gasteiger partial charge in [0.1, 0.15) is 0 Å². The predicted molar refractivity (Wildman–Crippen MR) is 73.1 cm³/mol. The number of nitrogens with one attached hydrogen (secondary N) is 2. The van der Waals surface area contributed by atoms with Crippen LogP contribution in [-0.4, -0.2) is 28.2 Å². The summed E-state index contributed by atoms with van der Waals surface area (Å²) >= 11 is 0. The quantitative estimate of drug-likeness (QED) is 0.671. The summed E-state index contributed by atoms with van der Waals surface area (Å²) < 4.78 is 0. The fraction of sp³-hybridized carbons (Fsp3) is 0.429. The van der Waals surface area contributed by atoms with Crippen molar-refractivity contribution in [1.82, 2.24) is 10.6 Å². The van der Waals surface area contributed by atoms with Crippen LogP contribution in [0.4, 0.5) is 0 Å². The van der Waals surface area contributed by atoms with Crippen molar-refractivity contribution in [3.05, 3.63) is 48.6 Å². The van der Waals surface area contributed by atoms with Crippen molar-refractivity contribution in [1.29, 1.82) is 0 Å². The molecule has 0 spiro atoms. The van der Waals surface area contributed by atoms with Crippen LogP contribution in [0.15, 0.2) is 36.5 Å². The van der Waals surface area contributed by atoms with E-state index in [0.717, 1.165) is 12.8 Å². The molecule has 3 heteroatoms. The molecule has 2 nitrogen and oxygen atoms in total. The first kappa shape index (κ1) is 22.0. The normalized spacial score (nSPS) is 12.5. The van der Waals surface area contributed by atoms with Gasteiger partial charge in [0.2, 0.25) is 0 Å². The van der Waals surface area contributed by atoms with Crippen molar-refractivity contribution in [3.63, 3.8) is 0 Å². The van der Waals surface area contributed by atoms with Gasteiger partial charge in [-0.05, 0) is 28.2 Å². The Hall–Kier alpha value is -0.237.